The van der Waals surface area contributed by atoms with Crippen LogP contribution < -0.4 is 5.32 Å². The minimum absolute atomic E-state index is 0.0512. The molecule has 0 fully saturated rings. The molecule has 0 spiro atoms. The molecule has 100 valence electrons. The zero-order chi connectivity index (χ0) is 13.8. The molecule has 1 atom stereocenters. The molecule has 0 aliphatic carbocycles. The van der Waals surface area contributed by atoms with Crippen molar-refractivity contribution in [3.8, 4) is 0 Å². The van der Waals surface area contributed by atoms with E-state index < -0.39 is 4.92 Å². The molecule has 1 heterocycles. The van der Waals surface area contributed by atoms with Crippen LogP contribution in [-0.2, 0) is 6.54 Å². The quantitative estimate of drug-likeness (QED) is 0.666. The third-order valence-corrected chi connectivity index (χ3v) is 4.16. The number of benzene rings is 1. The van der Waals surface area contributed by atoms with Crippen molar-refractivity contribution in [2.45, 2.75) is 19.5 Å². The standard InChI is InChI=1S/C13H13ClN2O2S/c1-9(13-3-2-6-19-13)15-8-10-4-5-11(14)12(7-10)16(17)18/h2-7,9,15H,8H2,1H3/t9-/m0/s1. The third-order valence-electron chi connectivity index (χ3n) is 2.79. The molecule has 0 saturated heterocycles. The second-order valence-corrected chi connectivity index (χ2v) is 5.55. The Morgan fingerprint density at radius 1 is 1.47 bits per heavy atom. The molecule has 4 nitrogen and oxygen atoms in total. The Bertz CT molecular complexity index is 572. The summed E-state index contributed by atoms with van der Waals surface area (Å²) >= 11 is 7.46. The molecular weight excluding hydrogens is 284 g/mol. The Labute approximate surface area is 120 Å². The highest BCUT2D eigenvalue weighted by Crippen LogP contribution is 2.25. The molecule has 19 heavy (non-hydrogen) atoms. The maximum Gasteiger partial charge on any atom is 0.288 e. The van der Waals surface area contributed by atoms with Crippen molar-refractivity contribution in [3.05, 3.63) is 61.3 Å². The number of nitro benzene ring substituents is 1. The molecule has 2 rings (SSSR count). The number of hydrogen-bond donors (Lipinski definition) is 1. The van der Waals surface area contributed by atoms with E-state index in [0.717, 1.165) is 5.56 Å². The topological polar surface area (TPSA) is 55.2 Å². The lowest BCUT2D eigenvalue weighted by Gasteiger charge is -2.12. The van der Waals surface area contributed by atoms with Crippen LogP contribution in [0.3, 0.4) is 0 Å². The van der Waals surface area contributed by atoms with Gasteiger partial charge in [0.2, 0.25) is 0 Å². The van der Waals surface area contributed by atoms with Crippen molar-refractivity contribution in [3.63, 3.8) is 0 Å². The molecule has 2 aromatic rings. The van der Waals surface area contributed by atoms with Crippen LogP contribution in [0.1, 0.15) is 23.4 Å². The first-order valence-corrected chi connectivity index (χ1v) is 7.03. The van der Waals surface area contributed by atoms with Gasteiger partial charge in [-0.25, -0.2) is 0 Å². The fourth-order valence-electron chi connectivity index (χ4n) is 1.72. The summed E-state index contributed by atoms with van der Waals surface area (Å²) in [4.78, 5) is 11.6. The lowest BCUT2D eigenvalue weighted by Crippen LogP contribution is -2.17. The second kappa shape index (κ2) is 6.14. The van der Waals surface area contributed by atoms with Crippen molar-refractivity contribution >= 4 is 28.6 Å². The van der Waals surface area contributed by atoms with Crippen LogP contribution in [0.2, 0.25) is 5.02 Å². The fraction of sp³-hybridized carbons (Fsp3) is 0.231. The summed E-state index contributed by atoms with van der Waals surface area (Å²) in [6, 6.07) is 9.15. The van der Waals surface area contributed by atoms with E-state index >= 15 is 0 Å². The van der Waals surface area contributed by atoms with Gasteiger partial charge in [0.1, 0.15) is 5.02 Å². The monoisotopic (exact) mass is 296 g/mol. The number of nitro groups is 1. The van der Waals surface area contributed by atoms with Crippen LogP contribution in [0, 0.1) is 10.1 Å². The number of halogens is 1. The highest BCUT2D eigenvalue weighted by atomic mass is 35.5. The van der Waals surface area contributed by atoms with Gasteiger partial charge < -0.3 is 5.32 Å². The van der Waals surface area contributed by atoms with Crippen LogP contribution in [-0.4, -0.2) is 4.92 Å². The summed E-state index contributed by atoms with van der Waals surface area (Å²) in [5, 5.41) is 16.3. The molecular formula is C13H13ClN2O2S. The third kappa shape index (κ3) is 3.53. The van der Waals surface area contributed by atoms with Gasteiger partial charge >= 0.3 is 0 Å². The molecule has 0 unspecified atom stereocenters. The first kappa shape index (κ1) is 14.0. The van der Waals surface area contributed by atoms with Crippen LogP contribution >= 0.6 is 22.9 Å². The lowest BCUT2D eigenvalue weighted by molar-refractivity contribution is -0.384. The first-order valence-electron chi connectivity index (χ1n) is 5.77. The summed E-state index contributed by atoms with van der Waals surface area (Å²) in [5.74, 6) is 0. The Kier molecular flexibility index (Phi) is 4.52. The molecule has 0 radical (unpaired) electrons. The van der Waals surface area contributed by atoms with Crippen LogP contribution in [0.25, 0.3) is 0 Å². The minimum Gasteiger partial charge on any atom is -0.305 e. The van der Waals surface area contributed by atoms with Crippen molar-refractivity contribution in [1.29, 1.82) is 0 Å². The van der Waals surface area contributed by atoms with E-state index in [1.807, 2.05) is 11.4 Å². The minimum atomic E-state index is -0.464. The summed E-state index contributed by atoms with van der Waals surface area (Å²) in [6.45, 7) is 2.63. The Morgan fingerprint density at radius 3 is 2.89 bits per heavy atom. The number of thiophene rings is 1. The number of nitrogens with one attached hydrogen (secondary N) is 1. The van der Waals surface area contributed by atoms with Gasteiger partial charge in [0, 0.05) is 23.5 Å². The zero-order valence-corrected chi connectivity index (χ0v) is 11.9. The molecule has 0 bridgehead atoms. The van der Waals surface area contributed by atoms with E-state index in [-0.39, 0.29) is 16.8 Å². The van der Waals surface area contributed by atoms with Crippen molar-refractivity contribution in [2.24, 2.45) is 0 Å². The summed E-state index contributed by atoms with van der Waals surface area (Å²) in [6.07, 6.45) is 0. The molecule has 0 amide bonds. The maximum atomic E-state index is 10.8. The zero-order valence-electron chi connectivity index (χ0n) is 10.3. The highest BCUT2D eigenvalue weighted by Gasteiger charge is 2.13. The van der Waals surface area contributed by atoms with Gasteiger partial charge in [-0.1, -0.05) is 23.7 Å². The number of rotatable bonds is 5. The summed E-state index contributed by atoms with van der Waals surface area (Å²) in [5.41, 5.74) is 0.796. The molecule has 1 N–H and O–H groups in total. The molecule has 0 aliphatic heterocycles. The van der Waals surface area contributed by atoms with Crippen molar-refractivity contribution in [2.75, 3.05) is 0 Å². The SMILES string of the molecule is C[C@H](NCc1ccc(Cl)c([N+](=O)[O-])c1)c1cccs1. The Morgan fingerprint density at radius 2 is 2.26 bits per heavy atom. The van der Waals surface area contributed by atoms with E-state index in [4.69, 9.17) is 11.6 Å². The molecule has 1 aromatic carbocycles. The largest absolute Gasteiger partial charge is 0.305 e. The van der Waals surface area contributed by atoms with Crippen molar-refractivity contribution < 1.29 is 4.92 Å². The van der Waals surface area contributed by atoms with Crippen LogP contribution in [0.4, 0.5) is 5.69 Å². The van der Waals surface area contributed by atoms with Crippen molar-refractivity contribution in [1.82, 2.24) is 5.32 Å². The molecule has 1 aromatic heterocycles. The maximum absolute atomic E-state index is 10.8. The lowest BCUT2D eigenvalue weighted by atomic mass is 10.2. The van der Waals surface area contributed by atoms with E-state index in [9.17, 15) is 10.1 Å². The van der Waals surface area contributed by atoms with Crippen LogP contribution in [0.15, 0.2) is 35.7 Å². The van der Waals surface area contributed by atoms with E-state index in [1.165, 1.54) is 10.9 Å². The number of hydrogen-bond acceptors (Lipinski definition) is 4. The summed E-state index contributed by atoms with van der Waals surface area (Å²) < 4.78 is 0. The van der Waals surface area contributed by atoms with Crippen LogP contribution in [0.5, 0.6) is 0 Å². The van der Waals surface area contributed by atoms with E-state index in [0.29, 0.717) is 6.54 Å². The van der Waals surface area contributed by atoms with E-state index in [1.54, 1.807) is 23.5 Å². The fourth-order valence-corrected chi connectivity index (χ4v) is 2.66. The predicted molar refractivity (Wildman–Crippen MR) is 77.7 cm³/mol. The van der Waals surface area contributed by atoms with Gasteiger partial charge in [-0.3, -0.25) is 10.1 Å². The smallest absolute Gasteiger partial charge is 0.288 e. The van der Waals surface area contributed by atoms with Gasteiger partial charge in [0.15, 0.2) is 0 Å². The first-order chi connectivity index (χ1) is 9.08. The van der Waals surface area contributed by atoms with E-state index in [2.05, 4.69) is 18.3 Å². The molecule has 6 heteroatoms. The number of nitrogens with zero attached hydrogens (tertiary/aromatic N) is 1. The Balaban J connectivity index is 2.04. The summed E-state index contributed by atoms with van der Waals surface area (Å²) in [7, 11) is 0. The normalized spacial score (nSPS) is 12.3. The highest BCUT2D eigenvalue weighted by molar-refractivity contribution is 7.10. The second-order valence-electron chi connectivity index (χ2n) is 4.16. The van der Waals surface area contributed by atoms with Gasteiger partial charge in [-0.2, -0.15) is 0 Å². The van der Waals surface area contributed by atoms with Gasteiger partial charge in [0.05, 0.1) is 4.92 Å². The predicted octanol–water partition coefficient (Wildman–Crippen LogP) is 4.16. The Hall–Kier alpha value is -1.43. The van der Waals surface area contributed by atoms with Gasteiger partial charge in [0.25, 0.3) is 5.69 Å². The average molecular weight is 297 g/mol. The van der Waals surface area contributed by atoms with Gasteiger partial charge in [-0.15, -0.1) is 11.3 Å². The van der Waals surface area contributed by atoms with Gasteiger partial charge in [-0.05, 0) is 30.0 Å². The molecule has 0 saturated carbocycles. The average Bonchev–Trinajstić information content (AvgIpc) is 2.91. The molecule has 0 aliphatic rings.